The number of halogens is 1. The number of rotatable bonds is 1. The van der Waals surface area contributed by atoms with Crippen molar-refractivity contribution < 1.29 is 9.84 Å². The van der Waals surface area contributed by atoms with Gasteiger partial charge < -0.3 is 9.84 Å². The molecular weight excluding hydrogens is 256 g/mol. The Morgan fingerprint density at radius 3 is 2.60 bits per heavy atom. The predicted octanol–water partition coefficient (Wildman–Crippen LogP) is 2.76. The van der Waals surface area contributed by atoms with Crippen LogP contribution < -0.4 is 0 Å². The quantitative estimate of drug-likeness (QED) is 0.851. The molecule has 0 saturated carbocycles. The fourth-order valence-electron chi connectivity index (χ4n) is 2.13. The number of aliphatic hydroxyl groups is 1. The maximum atomic E-state index is 10.5. The van der Waals surface area contributed by atoms with Crippen LogP contribution in [0.1, 0.15) is 24.0 Å². The SMILES string of the molecule is Cc1cc(Br)ccc1C1(O)CCOCC1. The fraction of sp³-hybridized carbons (Fsp3) is 0.500. The molecule has 0 spiro atoms. The van der Waals surface area contributed by atoms with Crippen molar-refractivity contribution in [2.75, 3.05) is 13.2 Å². The third-order valence-corrected chi connectivity index (χ3v) is 3.50. The Labute approximate surface area is 98.4 Å². The second kappa shape index (κ2) is 4.24. The molecule has 1 saturated heterocycles. The maximum Gasteiger partial charge on any atom is 0.0942 e. The average molecular weight is 271 g/mol. The first-order valence-corrected chi connectivity index (χ1v) is 5.98. The minimum Gasteiger partial charge on any atom is -0.385 e. The lowest BCUT2D eigenvalue weighted by Gasteiger charge is -2.33. The lowest BCUT2D eigenvalue weighted by Crippen LogP contribution is -2.34. The predicted molar refractivity (Wildman–Crippen MR) is 62.8 cm³/mol. The van der Waals surface area contributed by atoms with E-state index in [0.29, 0.717) is 26.1 Å². The summed E-state index contributed by atoms with van der Waals surface area (Å²) in [4.78, 5) is 0. The van der Waals surface area contributed by atoms with Crippen molar-refractivity contribution in [3.8, 4) is 0 Å². The molecule has 3 heteroatoms. The van der Waals surface area contributed by atoms with Crippen molar-refractivity contribution in [1.82, 2.24) is 0 Å². The maximum absolute atomic E-state index is 10.5. The van der Waals surface area contributed by atoms with Crippen molar-refractivity contribution in [2.45, 2.75) is 25.4 Å². The molecular formula is C12H15BrO2. The first-order chi connectivity index (χ1) is 7.12. The number of aryl methyl sites for hydroxylation is 1. The number of ether oxygens (including phenoxy) is 1. The molecule has 0 radical (unpaired) electrons. The van der Waals surface area contributed by atoms with Crippen LogP contribution in [0.15, 0.2) is 22.7 Å². The molecule has 1 N–H and O–H groups in total. The van der Waals surface area contributed by atoms with Gasteiger partial charge in [0.1, 0.15) is 0 Å². The van der Waals surface area contributed by atoms with E-state index in [1.807, 2.05) is 25.1 Å². The molecule has 0 bridgehead atoms. The second-order valence-electron chi connectivity index (χ2n) is 4.10. The van der Waals surface area contributed by atoms with Crippen LogP contribution in [0.2, 0.25) is 0 Å². The standard InChI is InChI=1S/C12H15BrO2/c1-9-8-10(13)2-3-11(9)12(14)4-6-15-7-5-12/h2-3,8,14H,4-7H2,1H3. The lowest BCUT2D eigenvalue weighted by atomic mass is 9.84. The van der Waals surface area contributed by atoms with Crippen molar-refractivity contribution >= 4 is 15.9 Å². The fourth-order valence-corrected chi connectivity index (χ4v) is 2.60. The highest BCUT2D eigenvalue weighted by Gasteiger charge is 2.32. The molecule has 1 aliphatic rings. The van der Waals surface area contributed by atoms with Crippen LogP contribution in [0.3, 0.4) is 0 Å². The third-order valence-electron chi connectivity index (χ3n) is 3.01. The highest BCUT2D eigenvalue weighted by molar-refractivity contribution is 9.10. The molecule has 0 aliphatic carbocycles. The van der Waals surface area contributed by atoms with Gasteiger partial charge in [-0.15, -0.1) is 0 Å². The number of hydrogen-bond donors (Lipinski definition) is 1. The molecule has 1 fully saturated rings. The topological polar surface area (TPSA) is 29.5 Å². The minimum absolute atomic E-state index is 0.645. The van der Waals surface area contributed by atoms with Crippen LogP contribution in [0.25, 0.3) is 0 Å². The summed E-state index contributed by atoms with van der Waals surface area (Å²) < 4.78 is 6.34. The number of benzene rings is 1. The largest absolute Gasteiger partial charge is 0.385 e. The summed E-state index contributed by atoms with van der Waals surface area (Å²) in [6, 6.07) is 6.03. The summed E-state index contributed by atoms with van der Waals surface area (Å²) >= 11 is 3.43. The zero-order valence-electron chi connectivity index (χ0n) is 8.79. The van der Waals surface area contributed by atoms with Crippen molar-refractivity contribution in [3.05, 3.63) is 33.8 Å². The van der Waals surface area contributed by atoms with Gasteiger partial charge in [-0.2, -0.15) is 0 Å². The van der Waals surface area contributed by atoms with Gasteiger partial charge in [0.05, 0.1) is 5.60 Å². The van der Waals surface area contributed by atoms with E-state index >= 15 is 0 Å². The number of hydrogen-bond acceptors (Lipinski definition) is 2. The summed E-state index contributed by atoms with van der Waals surface area (Å²) in [6.07, 6.45) is 1.38. The molecule has 1 aromatic carbocycles. The highest BCUT2D eigenvalue weighted by Crippen LogP contribution is 2.34. The zero-order valence-corrected chi connectivity index (χ0v) is 10.4. The van der Waals surface area contributed by atoms with Crippen LogP contribution >= 0.6 is 15.9 Å². The smallest absolute Gasteiger partial charge is 0.0942 e. The Hall–Kier alpha value is -0.380. The lowest BCUT2D eigenvalue weighted by molar-refractivity contribution is -0.0682. The van der Waals surface area contributed by atoms with E-state index in [1.54, 1.807) is 0 Å². The van der Waals surface area contributed by atoms with E-state index in [2.05, 4.69) is 15.9 Å². The Morgan fingerprint density at radius 1 is 1.33 bits per heavy atom. The van der Waals surface area contributed by atoms with Crippen LogP contribution in [-0.2, 0) is 10.3 Å². The van der Waals surface area contributed by atoms with Crippen LogP contribution in [0.4, 0.5) is 0 Å². The molecule has 1 heterocycles. The van der Waals surface area contributed by atoms with Crippen LogP contribution in [0, 0.1) is 6.92 Å². The summed E-state index contributed by atoms with van der Waals surface area (Å²) in [5.74, 6) is 0. The Morgan fingerprint density at radius 2 is 2.00 bits per heavy atom. The summed E-state index contributed by atoms with van der Waals surface area (Å²) in [7, 11) is 0. The summed E-state index contributed by atoms with van der Waals surface area (Å²) in [6.45, 7) is 3.32. The molecule has 1 aromatic rings. The van der Waals surface area contributed by atoms with Gasteiger partial charge in [0, 0.05) is 30.5 Å². The monoisotopic (exact) mass is 270 g/mol. The molecule has 0 amide bonds. The van der Waals surface area contributed by atoms with E-state index < -0.39 is 5.60 Å². The highest BCUT2D eigenvalue weighted by atomic mass is 79.9. The Kier molecular flexibility index (Phi) is 3.14. The first kappa shape index (κ1) is 11.1. The average Bonchev–Trinajstić information content (AvgIpc) is 2.18. The first-order valence-electron chi connectivity index (χ1n) is 5.19. The van der Waals surface area contributed by atoms with Gasteiger partial charge >= 0.3 is 0 Å². The molecule has 2 rings (SSSR count). The molecule has 15 heavy (non-hydrogen) atoms. The van der Waals surface area contributed by atoms with Gasteiger partial charge in [-0.05, 0) is 30.2 Å². The molecule has 0 unspecified atom stereocenters. The second-order valence-corrected chi connectivity index (χ2v) is 5.02. The van der Waals surface area contributed by atoms with Crippen molar-refractivity contribution in [3.63, 3.8) is 0 Å². The molecule has 1 aliphatic heterocycles. The zero-order chi connectivity index (χ0) is 10.9. The van der Waals surface area contributed by atoms with E-state index in [0.717, 1.165) is 15.6 Å². The molecule has 0 aromatic heterocycles. The van der Waals surface area contributed by atoms with Crippen LogP contribution in [-0.4, -0.2) is 18.3 Å². The van der Waals surface area contributed by atoms with Gasteiger partial charge in [0.15, 0.2) is 0 Å². The Bertz CT molecular complexity index is 357. The molecule has 2 nitrogen and oxygen atoms in total. The Balaban J connectivity index is 2.35. The molecule has 82 valence electrons. The molecule has 0 atom stereocenters. The van der Waals surface area contributed by atoms with E-state index in [4.69, 9.17) is 4.74 Å². The van der Waals surface area contributed by atoms with Gasteiger partial charge in [0.2, 0.25) is 0 Å². The minimum atomic E-state index is -0.691. The van der Waals surface area contributed by atoms with E-state index in [-0.39, 0.29) is 0 Å². The van der Waals surface area contributed by atoms with E-state index in [9.17, 15) is 5.11 Å². The van der Waals surface area contributed by atoms with Crippen LogP contribution in [0.5, 0.6) is 0 Å². The summed E-state index contributed by atoms with van der Waals surface area (Å²) in [5.41, 5.74) is 1.48. The van der Waals surface area contributed by atoms with Gasteiger partial charge in [-0.25, -0.2) is 0 Å². The van der Waals surface area contributed by atoms with E-state index in [1.165, 1.54) is 0 Å². The third kappa shape index (κ3) is 2.25. The summed E-state index contributed by atoms with van der Waals surface area (Å²) in [5, 5.41) is 10.5. The van der Waals surface area contributed by atoms with Gasteiger partial charge in [0.25, 0.3) is 0 Å². The van der Waals surface area contributed by atoms with Gasteiger partial charge in [-0.1, -0.05) is 22.0 Å². The van der Waals surface area contributed by atoms with Crippen molar-refractivity contribution in [1.29, 1.82) is 0 Å². The normalized spacial score (nSPS) is 20.2. The van der Waals surface area contributed by atoms with Crippen molar-refractivity contribution in [2.24, 2.45) is 0 Å². The van der Waals surface area contributed by atoms with Gasteiger partial charge in [-0.3, -0.25) is 0 Å².